The van der Waals surface area contributed by atoms with Crippen LogP contribution >= 0.6 is 0 Å². The normalized spacial score (nSPS) is 60.7. The fraction of sp³-hybridized carbons (Fsp3) is 0.926. The highest BCUT2D eigenvalue weighted by molar-refractivity contribution is 5.27. The summed E-state index contributed by atoms with van der Waals surface area (Å²) in [7, 11) is 0. The first kappa shape index (κ1) is 21.1. The second-order valence-electron chi connectivity index (χ2n) is 12.8. The molecule has 0 bridgehead atoms. The van der Waals surface area contributed by atoms with Crippen molar-refractivity contribution >= 4 is 0 Å². The first-order valence-corrected chi connectivity index (χ1v) is 13.1. The molecule has 0 aromatic rings. The molecule has 2 aliphatic heterocycles. The average Bonchev–Trinajstić information content (AvgIpc) is 3.16. The highest BCUT2D eigenvalue weighted by Crippen LogP contribution is 2.70. The van der Waals surface area contributed by atoms with Crippen LogP contribution in [0.1, 0.15) is 79.1 Å². The minimum atomic E-state index is -0.584. The molecule has 2 N–H and O–H groups in total. The third-order valence-corrected chi connectivity index (χ3v) is 11.4. The van der Waals surface area contributed by atoms with Crippen molar-refractivity contribution in [3.8, 4) is 0 Å². The van der Waals surface area contributed by atoms with E-state index in [4.69, 9.17) is 9.47 Å². The van der Waals surface area contributed by atoms with Crippen LogP contribution < -0.4 is 0 Å². The summed E-state index contributed by atoms with van der Waals surface area (Å²) in [6, 6.07) is 0. The van der Waals surface area contributed by atoms with Gasteiger partial charge in [-0.25, -0.2) is 0 Å². The first-order valence-electron chi connectivity index (χ1n) is 13.1. The Bertz CT molecular complexity index is 769. The maximum absolute atomic E-state index is 10.5. The Morgan fingerprint density at radius 1 is 1.03 bits per heavy atom. The molecule has 6 rings (SSSR count). The molecule has 4 heteroatoms. The molecule has 2 heterocycles. The molecule has 0 radical (unpaired) electrons. The van der Waals surface area contributed by atoms with E-state index in [1.165, 1.54) is 31.3 Å². The lowest BCUT2D eigenvalue weighted by atomic mass is 9.46. The van der Waals surface area contributed by atoms with Gasteiger partial charge in [-0.15, -0.1) is 0 Å². The molecule has 1 spiro atoms. The van der Waals surface area contributed by atoms with Gasteiger partial charge < -0.3 is 19.7 Å². The summed E-state index contributed by atoms with van der Waals surface area (Å²) in [5.41, 5.74) is 1.80. The zero-order valence-electron chi connectivity index (χ0n) is 19.8. The summed E-state index contributed by atoms with van der Waals surface area (Å²) in [6.45, 7) is 10.5. The molecule has 6 aliphatic rings. The van der Waals surface area contributed by atoms with Crippen LogP contribution in [0.4, 0.5) is 0 Å². The number of allylic oxidation sites excluding steroid dienone is 1. The SMILES string of the molecule is CC1CCC2(OC1)OC1CC3C4CC=C5CC(O)[C@H](O)C[C@]5(C)C4CC[C@]3(C)C1C2C. The number of aliphatic hydroxyl groups excluding tert-OH is 2. The van der Waals surface area contributed by atoms with Crippen LogP contribution in [-0.2, 0) is 9.47 Å². The van der Waals surface area contributed by atoms with Crippen LogP contribution in [0.15, 0.2) is 11.6 Å². The molecule has 0 aromatic carbocycles. The first-order chi connectivity index (χ1) is 14.7. The molecule has 174 valence electrons. The maximum atomic E-state index is 10.5. The van der Waals surface area contributed by atoms with E-state index < -0.39 is 12.2 Å². The van der Waals surface area contributed by atoms with E-state index in [9.17, 15) is 10.2 Å². The van der Waals surface area contributed by atoms with Gasteiger partial charge in [0.2, 0.25) is 0 Å². The Kier molecular flexibility index (Phi) is 4.64. The monoisotopic (exact) mass is 430 g/mol. The van der Waals surface area contributed by atoms with Gasteiger partial charge in [0.25, 0.3) is 0 Å². The topological polar surface area (TPSA) is 58.9 Å². The van der Waals surface area contributed by atoms with Gasteiger partial charge in [-0.2, -0.15) is 0 Å². The summed E-state index contributed by atoms with van der Waals surface area (Å²) >= 11 is 0. The Hall–Kier alpha value is -0.420. The lowest BCUT2D eigenvalue weighted by Crippen LogP contribution is -2.54. The van der Waals surface area contributed by atoms with Gasteiger partial charge in [-0.3, -0.25) is 0 Å². The molecular weight excluding hydrogens is 388 g/mol. The van der Waals surface area contributed by atoms with Crippen LogP contribution in [0.2, 0.25) is 0 Å². The molecule has 2 saturated heterocycles. The van der Waals surface area contributed by atoms with Gasteiger partial charge in [0, 0.05) is 12.3 Å². The molecular formula is C27H42O4. The average molecular weight is 431 g/mol. The third kappa shape index (κ3) is 2.74. The second kappa shape index (κ2) is 6.81. The zero-order valence-corrected chi connectivity index (χ0v) is 19.8. The predicted molar refractivity (Wildman–Crippen MR) is 119 cm³/mol. The summed E-state index contributed by atoms with van der Waals surface area (Å²) < 4.78 is 13.3. The van der Waals surface area contributed by atoms with Crippen LogP contribution in [0.25, 0.3) is 0 Å². The Morgan fingerprint density at radius 3 is 2.58 bits per heavy atom. The summed E-state index contributed by atoms with van der Waals surface area (Å²) in [4.78, 5) is 0. The molecule has 31 heavy (non-hydrogen) atoms. The van der Waals surface area contributed by atoms with Gasteiger partial charge in [0.15, 0.2) is 5.79 Å². The number of rotatable bonds is 0. The molecule has 9 unspecified atom stereocenters. The maximum Gasteiger partial charge on any atom is 0.171 e. The highest BCUT2D eigenvalue weighted by atomic mass is 16.7. The van der Waals surface area contributed by atoms with Crippen molar-refractivity contribution in [2.45, 2.75) is 103 Å². The van der Waals surface area contributed by atoms with Crippen LogP contribution in [0.5, 0.6) is 0 Å². The molecule has 12 atom stereocenters. The quantitative estimate of drug-likeness (QED) is 0.548. The fourth-order valence-electron chi connectivity index (χ4n) is 9.71. The van der Waals surface area contributed by atoms with Crippen molar-refractivity contribution < 1.29 is 19.7 Å². The summed E-state index contributed by atoms with van der Waals surface area (Å²) in [6.07, 6.45) is 10.1. The third-order valence-electron chi connectivity index (χ3n) is 11.4. The molecule has 5 fully saturated rings. The van der Waals surface area contributed by atoms with E-state index in [0.29, 0.717) is 53.4 Å². The molecule has 3 saturated carbocycles. The summed E-state index contributed by atoms with van der Waals surface area (Å²) in [5, 5.41) is 20.8. The van der Waals surface area contributed by atoms with Crippen LogP contribution in [0.3, 0.4) is 0 Å². The Labute approximate surface area is 187 Å². The number of ether oxygens (including phenoxy) is 2. The van der Waals surface area contributed by atoms with Gasteiger partial charge in [0.1, 0.15) is 0 Å². The van der Waals surface area contributed by atoms with E-state index >= 15 is 0 Å². The van der Waals surface area contributed by atoms with E-state index in [2.05, 4.69) is 33.8 Å². The molecule has 4 nitrogen and oxygen atoms in total. The lowest BCUT2D eigenvalue weighted by Gasteiger charge is -2.59. The standard InChI is InChI=1S/C27H42O4/c1-15-7-10-27(30-14-15)16(2)24-23(31-27)12-20-18-6-5-17-11-21(28)22(29)13-26(17,4)19(18)8-9-25(20,24)3/h5,15-16,18-24,28-29H,6-14H2,1-4H3/t15?,16?,18?,19?,20?,21?,22-,23?,24?,25+,26+,27?/m1/s1. The fourth-order valence-corrected chi connectivity index (χ4v) is 9.71. The number of hydrogen-bond acceptors (Lipinski definition) is 4. The van der Waals surface area contributed by atoms with Gasteiger partial charge in [0.05, 0.1) is 24.9 Å². The van der Waals surface area contributed by atoms with Crippen molar-refractivity contribution in [2.75, 3.05) is 6.61 Å². The largest absolute Gasteiger partial charge is 0.390 e. The van der Waals surface area contributed by atoms with Crippen molar-refractivity contribution in [3.05, 3.63) is 11.6 Å². The van der Waals surface area contributed by atoms with Gasteiger partial charge in [-0.05, 0) is 85.4 Å². The highest BCUT2D eigenvalue weighted by Gasteiger charge is 2.68. The summed E-state index contributed by atoms with van der Waals surface area (Å²) in [5.74, 6) is 3.39. The second-order valence-corrected chi connectivity index (χ2v) is 12.8. The minimum absolute atomic E-state index is 0.0525. The zero-order chi connectivity index (χ0) is 21.8. The smallest absolute Gasteiger partial charge is 0.171 e. The lowest BCUT2D eigenvalue weighted by molar-refractivity contribution is -0.272. The number of hydrogen-bond donors (Lipinski definition) is 2. The Balaban J connectivity index is 1.28. The van der Waals surface area contributed by atoms with Crippen molar-refractivity contribution in [1.82, 2.24) is 0 Å². The number of aliphatic hydroxyl groups is 2. The molecule has 0 aromatic heterocycles. The van der Waals surface area contributed by atoms with Gasteiger partial charge >= 0.3 is 0 Å². The van der Waals surface area contributed by atoms with Gasteiger partial charge in [-0.1, -0.05) is 39.3 Å². The van der Waals surface area contributed by atoms with Crippen molar-refractivity contribution in [2.24, 2.45) is 46.3 Å². The van der Waals surface area contributed by atoms with Crippen LogP contribution in [-0.4, -0.2) is 40.9 Å². The van der Waals surface area contributed by atoms with E-state index in [1.54, 1.807) is 0 Å². The van der Waals surface area contributed by atoms with E-state index in [-0.39, 0.29) is 11.2 Å². The van der Waals surface area contributed by atoms with E-state index in [1.807, 2.05) is 0 Å². The van der Waals surface area contributed by atoms with E-state index in [0.717, 1.165) is 25.9 Å². The van der Waals surface area contributed by atoms with Crippen molar-refractivity contribution in [3.63, 3.8) is 0 Å². The number of fused-ring (bicyclic) bond motifs is 7. The Morgan fingerprint density at radius 2 is 1.84 bits per heavy atom. The predicted octanol–water partition coefficient (Wildman–Crippen LogP) is 4.68. The molecule has 0 amide bonds. The minimum Gasteiger partial charge on any atom is -0.390 e. The van der Waals surface area contributed by atoms with Crippen LogP contribution in [0, 0.1) is 46.3 Å². The van der Waals surface area contributed by atoms with Crippen molar-refractivity contribution in [1.29, 1.82) is 0 Å². The molecule has 4 aliphatic carbocycles.